The number of hydrogen-bond acceptors (Lipinski definition) is 4. The van der Waals surface area contributed by atoms with Gasteiger partial charge in [-0.25, -0.2) is 8.42 Å². The fourth-order valence-corrected chi connectivity index (χ4v) is 0.976. The van der Waals surface area contributed by atoms with Crippen LogP contribution in [0.1, 0.15) is 6.42 Å². The van der Waals surface area contributed by atoms with Crippen LogP contribution < -0.4 is 0 Å². The Balaban J connectivity index is 3.22. The van der Waals surface area contributed by atoms with E-state index in [1.807, 2.05) is 0 Å². The van der Waals surface area contributed by atoms with Crippen molar-refractivity contribution in [1.29, 1.82) is 0 Å². The SMILES string of the molecule is C=CCOCCCS(=O)(=O)[O-]. The summed E-state index contributed by atoms with van der Waals surface area (Å²) in [6.07, 6.45) is 1.81. The van der Waals surface area contributed by atoms with E-state index in [-0.39, 0.29) is 18.8 Å². The third-order valence-electron chi connectivity index (χ3n) is 0.919. The predicted octanol–water partition coefficient (Wildman–Crippen LogP) is 0.124. The van der Waals surface area contributed by atoms with Crippen LogP contribution in [0.3, 0.4) is 0 Å². The van der Waals surface area contributed by atoms with Crippen molar-refractivity contribution in [2.75, 3.05) is 19.0 Å². The molecule has 0 unspecified atom stereocenters. The molecule has 0 bridgehead atoms. The second-order valence-electron chi connectivity index (χ2n) is 1.98. The van der Waals surface area contributed by atoms with Gasteiger partial charge in [-0.15, -0.1) is 6.58 Å². The molecule has 0 radical (unpaired) electrons. The Hall–Kier alpha value is -0.390. The zero-order valence-corrected chi connectivity index (χ0v) is 6.97. The van der Waals surface area contributed by atoms with Crippen molar-refractivity contribution < 1.29 is 17.7 Å². The zero-order chi connectivity index (χ0) is 8.74. The van der Waals surface area contributed by atoms with Gasteiger partial charge < -0.3 is 9.29 Å². The maximum absolute atomic E-state index is 10.0. The maximum atomic E-state index is 10.0. The van der Waals surface area contributed by atoms with Crippen LogP contribution in [-0.4, -0.2) is 31.9 Å². The molecule has 0 aromatic carbocycles. The highest BCUT2D eigenvalue weighted by molar-refractivity contribution is 7.85. The first-order valence-corrected chi connectivity index (χ1v) is 4.76. The summed E-state index contributed by atoms with van der Waals surface area (Å²) in [5.74, 6) is -0.357. The third-order valence-corrected chi connectivity index (χ3v) is 1.71. The van der Waals surface area contributed by atoms with Gasteiger partial charge in [0.1, 0.15) is 0 Å². The van der Waals surface area contributed by atoms with E-state index in [4.69, 9.17) is 4.74 Å². The fraction of sp³-hybridized carbons (Fsp3) is 0.667. The Morgan fingerprint density at radius 3 is 2.64 bits per heavy atom. The molecule has 0 N–H and O–H groups in total. The number of hydrogen-bond donors (Lipinski definition) is 0. The predicted molar refractivity (Wildman–Crippen MR) is 40.2 cm³/mol. The standard InChI is InChI=1S/C6H12O4S/c1-2-4-10-5-3-6-11(7,8)9/h2H,1,3-6H2,(H,7,8,9)/p-1. The average Bonchev–Trinajstić information content (AvgIpc) is 1.85. The largest absolute Gasteiger partial charge is 0.748 e. The van der Waals surface area contributed by atoms with Crippen molar-refractivity contribution in [3.63, 3.8) is 0 Å². The quantitative estimate of drug-likeness (QED) is 0.330. The monoisotopic (exact) mass is 179 g/mol. The van der Waals surface area contributed by atoms with Crippen LogP contribution in [0, 0.1) is 0 Å². The third kappa shape index (κ3) is 9.61. The summed E-state index contributed by atoms with van der Waals surface area (Å²) < 4.78 is 35.0. The van der Waals surface area contributed by atoms with Gasteiger partial charge in [0, 0.05) is 12.4 Å². The molecule has 0 spiro atoms. The molecule has 0 amide bonds. The molecule has 0 atom stereocenters. The van der Waals surface area contributed by atoms with Crippen molar-refractivity contribution >= 4 is 10.1 Å². The first kappa shape index (κ1) is 10.6. The molecular weight excluding hydrogens is 168 g/mol. The topological polar surface area (TPSA) is 66.4 Å². The van der Waals surface area contributed by atoms with E-state index in [2.05, 4.69) is 6.58 Å². The van der Waals surface area contributed by atoms with Gasteiger partial charge in [-0.05, 0) is 6.42 Å². The second kappa shape index (κ2) is 5.29. The molecule has 0 aliphatic carbocycles. The summed E-state index contributed by atoms with van der Waals surface area (Å²) in [5, 5.41) is 0. The van der Waals surface area contributed by atoms with Gasteiger partial charge in [-0.3, -0.25) is 0 Å². The Morgan fingerprint density at radius 1 is 1.55 bits per heavy atom. The second-order valence-corrected chi connectivity index (χ2v) is 3.50. The van der Waals surface area contributed by atoms with E-state index < -0.39 is 10.1 Å². The van der Waals surface area contributed by atoms with Gasteiger partial charge in [0.25, 0.3) is 0 Å². The molecular formula is C6H11O4S-. The van der Waals surface area contributed by atoms with Gasteiger partial charge in [-0.2, -0.15) is 0 Å². The van der Waals surface area contributed by atoms with Crippen molar-refractivity contribution in [2.45, 2.75) is 6.42 Å². The lowest BCUT2D eigenvalue weighted by Crippen LogP contribution is -2.07. The van der Waals surface area contributed by atoms with Crippen LogP contribution in [0.2, 0.25) is 0 Å². The summed E-state index contributed by atoms with van der Waals surface area (Å²) >= 11 is 0. The number of rotatable bonds is 6. The molecule has 66 valence electrons. The minimum atomic E-state index is -4.07. The van der Waals surface area contributed by atoms with Crippen molar-refractivity contribution in [3.8, 4) is 0 Å². The van der Waals surface area contributed by atoms with Crippen molar-refractivity contribution in [3.05, 3.63) is 12.7 Å². The first-order chi connectivity index (χ1) is 5.06. The van der Waals surface area contributed by atoms with Crippen molar-refractivity contribution in [1.82, 2.24) is 0 Å². The Kier molecular flexibility index (Phi) is 5.10. The Morgan fingerprint density at radius 2 is 2.18 bits per heavy atom. The summed E-state index contributed by atoms with van der Waals surface area (Å²) in [7, 11) is -4.07. The smallest absolute Gasteiger partial charge is 0.0946 e. The van der Waals surface area contributed by atoms with E-state index in [0.717, 1.165) is 0 Å². The average molecular weight is 179 g/mol. The fourth-order valence-electron chi connectivity index (χ4n) is 0.504. The highest BCUT2D eigenvalue weighted by atomic mass is 32.2. The van der Waals surface area contributed by atoms with E-state index in [9.17, 15) is 13.0 Å². The summed E-state index contributed by atoms with van der Waals surface area (Å²) in [6.45, 7) is 4.08. The minimum Gasteiger partial charge on any atom is -0.748 e. The van der Waals surface area contributed by atoms with Crippen LogP contribution >= 0.6 is 0 Å². The highest BCUT2D eigenvalue weighted by Crippen LogP contribution is 1.88. The van der Waals surface area contributed by atoms with Crippen LogP contribution in [0.25, 0.3) is 0 Å². The molecule has 0 aromatic rings. The lowest BCUT2D eigenvalue weighted by molar-refractivity contribution is 0.163. The summed E-state index contributed by atoms with van der Waals surface area (Å²) in [4.78, 5) is 0. The van der Waals surface area contributed by atoms with Crippen LogP contribution in [0.5, 0.6) is 0 Å². The molecule has 11 heavy (non-hydrogen) atoms. The van der Waals surface area contributed by atoms with E-state index in [1.54, 1.807) is 6.08 Å². The summed E-state index contributed by atoms with van der Waals surface area (Å²) in [5.41, 5.74) is 0. The molecule has 5 heteroatoms. The minimum absolute atomic E-state index is 0.250. The molecule has 0 saturated heterocycles. The van der Waals surface area contributed by atoms with Gasteiger partial charge in [0.2, 0.25) is 0 Å². The summed E-state index contributed by atoms with van der Waals surface area (Å²) in [6, 6.07) is 0. The van der Waals surface area contributed by atoms with Gasteiger partial charge in [0.05, 0.1) is 16.7 Å². The van der Waals surface area contributed by atoms with Gasteiger partial charge >= 0.3 is 0 Å². The van der Waals surface area contributed by atoms with Crippen LogP contribution in [0.4, 0.5) is 0 Å². The number of ether oxygens (including phenoxy) is 1. The molecule has 4 nitrogen and oxygen atoms in total. The Bertz CT molecular complexity index is 195. The van der Waals surface area contributed by atoms with Crippen LogP contribution in [-0.2, 0) is 14.9 Å². The molecule has 0 aromatic heterocycles. The normalized spacial score (nSPS) is 11.4. The lowest BCUT2D eigenvalue weighted by atomic mass is 10.5. The molecule has 0 saturated carbocycles. The molecule has 0 heterocycles. The highest BCUT2D eigenvalue weighted by Gasteiger charge is 1.93. The van der Waals surface area contributed by atoms with Gasteiger partial charge in [-0.1, -0.05) is 6.08 Å². The van der Waals surface area contributed by atoms with Crippen LogP contribution in [0.15, 0.2) is 12.7 Å². The van der Waals surface area contributed by atoms with E-state index in [0.29, 0.717) is 6.61 Å². The van der Waals surface area contributed by atoms with Crippen molar-refractivity contribution in [2.24, 2.45) is 0 Å². The van der Waals surface area contributed by atoms with E-state index >= 15 is 0 Å². The maximum Gasteiger partial charge on any atom is 0.0946 e. The zero-order valence-electron chi connectivity index (χ0n) is 6.15. The molecule has 0 fully saturated rings. The lowest BCUT2D eigenvalue weighted by Gasteiger charge is -2.05. The Labute approximate surface area is 66.6 Å². The first-order valence-electron chi connectivity index (χ1n) is 3.18. The molecule has 0 rings (SSSR count). The van der Waals surface area contributed by atoms with Gasteiger partial charge in [0.15, 0.2) is 0 Å². The molecule has 0 aliphatic rings. The molecule has 0 aliphatic heterocycles. The van der Waals surface area contributed by atoms with E-state index in [1.165, 1.54) is 0 Å².